The van der Waals surface area contributed by atoms with Gasteiger partial charge in [0.25, 0.3) is 0 Å². The van der Waals surface area contributed by atoms with E-state index >= 15 is 0 Å². The van der Waals surface area contributed by atoms with Gasteiger partial charge in [-0.2, -0.15) is 0 Å². The summed E-state index contributed by atoms with van der Waals surface area (Å²) in [5.74, 6) is 0.0628. The van der Waals surface area contributed by atoms with Crippen LogP contribution >= 0.6 is 0 Å². The first-order valence-electron chi connectivity index (χ1n) is 5.65. The van der Waals surface area contributed by atoms with E-state index in [-0.39, 0.29) is 5.91 Å². The van der Waals surface area contributed by atoms with Gasteiger partial charge in [-0.1, -0.05) is 12.2 Å². The Bertz CT molecular complexity index is 398. The van der Waals surface area contributed by atoms with Crippen molar-refractivity contribution in [1.82, 2.24) is 9.88 Å². The molecule has 0 spiro atoms. The number of carbonyl (C=O) groups excluding carboxylic acids is 1. The van der Waals surface area contributed by atoms with Crippen molar-refractivity contribution in [2.75, 3.05) is 18.8 Å². The van der Waals surface area contributed by atoms with Gasteiger partial charge in [0.1, 0.15) is 0 Å². The number of likely N-dealkylation sites (N-methyl/N-ethyl adjacent to an activating group) is 1. The van der Waals surface area contributed by atoms with Crippen LogP contribution in [0.25, 0.3) is 0 Å². The third kappa shape index (κ3) is 4.26. The number of nitrogens with two attached hydrogens (primary N) is 1. The third-order valence-corrected chi connectivity index (χ3v) is 2.38. The molecule has 0 saturated heterocycles. The predicted molar refractivity (Wildman–Crippen MR) is 69.4 cm³/mol. The fourth-order valence-corrected chi connectivity index (χ4v) is 1.51. The van der Waals surface area contributed by atoms with E-state index < -0.39 is 0 Å². The van der Waals surface area contributed by atoms with Gasteiger partial charge in [-0.15, -0.1) is 0 Å². The van der Waals surface area contributed by atoms with Crippen LogP contribution in [0.4, 0.5) is 5.69 Å². The van der Waals surface area contributed by atoms with Crippen LogP contribution in [0.3, 0.4) is 0 Å². The van der Waals surface area contributed by atoms with E-state index in [9.17, 15) is 4.79 Å². The van der Waals surface area contributed by atoms with E-state index in [4.69, 9.17) is 5.73 Å². The summed E-state index contributed by atoms with van der Waals surface area (Å²) in [7, 11) is 0. The maximum Gasteiger partial charge on any atom is 0.228 e. The van der Waals surface area contributed by atoms with E-state index in [0.717, 1.165) is 11.3 Å². The van der Waals surface area contributed by atoms with Crippen molar-refractivity contribution >= 4 is 11.6 Å². The summed E-state index contributed by atoms with van der Waals surface area (Å²) in [6.07, 6.45) is 1.87. The fraction of sp³-hybridized carbons (Fsp3) is 0.385. The molecule has 0 unspecified atom stereocenters. The standard InChI is InChI=1S/C13H19N3O/c1-4-16(9-10(2)3)13(17)7-12-6-5-11(14)8-15-12/h5-6,8H,2,4,7,9,14H2,1,3H3. The first-order chi connectivity index (χ1) is 8.02. The Morgan fingerprint density at radius 1 is 1.53 bits per heavy atom. The molecule has 2 N–H and O–H groups in total. The Kier molecular flexibility index (Phi) is 4.69. The molecule has 0 radical (unpaired) electrons. The van der Waals surface area contributed by atoms with E-state index in [1.807, 2.05) is 13.8 Å². The zero-order valence-corrected chi connectivity index (χ0v) is 10.4. The molecule has 4 heteroatoms. The van der Waals surface area contributed by atoms with Gasteiger partial charge in [0.05, 0.1) is 18.3 Å². The lowest BCUT2D eigenvalue weighted by atomic mass is 10.2. The molecule has 0 aliphatic heterocycles. The lowest BCUT2D eigenvalue weighted by Gasteiger charge is -2.20. The van der Waals surface area contributed by atoms with Crippen LogP contribution in [-0.2, 0) is 11.2 Å². The summed E-state index contributed by atoms with van der Waals surface area (Å²) >= 11 is 0. The van der Waals surface area contributed by atoms with Crippen molar-refractivity contribution in [3.8, 4) is 0 Å². The van der Waals surface area contributed by atoms with Crippen LogP contribution in [0.2, 0.25) is 0 Å². The Labute approximate surface area is 102 Å². The van der Waals surface area contributed by atoms with Crippen molar-refractivity contribution in [3.05, 3.63) is 36.2 Å². The van der Waals surface area contributed by atoms with Gasteiger partial charge in [-0.25, -0.2) is 0 Å². The van der Waals surface area contributed by atoms with Crippen LogP contribution in [0, 0.1) is 0 Å². The second-order valence-corrected chi connectivity index (χ2v) is 4.12. The molecule has 0 atom stereocenters. The number of pyridine rings is 1. The average molecular weight is 233 g/mol. The van der Waals surface area contributed by atoms with Crippen molar-refractivity contribution in [2.45, 2.75) is 20.3 Å². The molecule has 0 fully saturated rings. The van der Waals surface area contributed by atoms with Gasteiger partial charge in [0.15, 0.2) is 0 Å². The fourth-order valence-electron chi connectivity index (χ4n) is 1.51. The molecule has 1 heterocycles. The zero-order chi connectivity index (χ0) is 12.8. The van der Waals surface area contributed by atoms with Gasteiger partial charge in [0.2, 0.25) is 5.91 Å². The summed E-state index contributed by atoms with van der Waals surface area (Å²) in [6, 6.07) is 3.53. The number of rotatable bonds is 5. The number of anilines is 1. The number of aromatic nitrogens is 1. The average Bonchev–Trinajstić information content (AvgIpc) is 2.28. The number of amides is 1. The van der Waals surface area contributed by atoms with Crippen LogP contribution in [0.1, 0.15) is 19.5 Å². The van der Waals surface area contributed by atoms with E-state index in [1.165, 1.54) is 0 Å². The highest BCUT2D eigenvalue weighted by molar-refractivity contribution is 5.78. The highest BCUT2D eigenvalue weighted by atomic mass is 16.2. The van der Waals surface area contributed by atoms with Crippen molar-refractivity contribution < 1.29 is 4.79 Å². The minimum atomic E-state index is 0.0628. The molecule has 92 valence electrons. The molecule has 17 heavy (non-hydrogen) atoms. The maximum absolute atomic E-state index is 12.0. The molecular formula is C13H19N3O. The molecule has 0 aliphatic carbocycles. The molecule has 1 rings (SSSR count). The molecule has 1 aromatic heterocycles. The summed E-state index contributed by atoms with van der Waals surface area (Å²) in [4.78, 5) is 17.9. The van der Waals surface area contributed by atoms with Crippen LogP contribution in [-0.4, -0.2) is 28.9 Å². The Balaban J connectivity index is 2.63. The van der Waals surface area contributed by atoms with E-state index in [0.29, 0.717) is 25.2 Å². The third-order valence-electron chi connectivity index (χ3n) is 2.38. The maximum atomic E-state index is 12.0. The van der Waals surface area contributed by atoms with Crippen LogP contribution < -0.4 is 5.73 Å². The summed E-state index contributed by atoms with van der Waals surface area (Å²) < 4.78 is 0. The molecule has 0 aliphatic rings. The minimum absolute atomic E-state index is 0.0628. The second kappa shape index (κ2) is 6.03. The van der Waals surface area contributed by atoms with E-state index in [2.05, 4.69) is 11.6 Å². The van der Waals surface area contributed by atoms with Crippen molar-refractivity contribution in [1.29, 1.82) is 0 Å². The first kappa shape index (κ1) is 13.2. The van der Waals surface area contributed by atoms with E-state index in [1.54, 1.807) is 23.2 Å². The van der Waals surface area contributed by atoms with Crippen molar-refractivity contribution in [2.24, 2.45) is 0 Å². The molecule has 0 aromatic carbocycles. The predicted octanol–water partition coefficient (Wildman–Crippen LogP) is 1.63. The monoisotopic (exact) mass is 233 g/mol. The Hall–Kier alpha value is -1.84. The minimum Gasteiger partial charge on any atom is -0.397 e. The highest BCUT2D eigenvalue weighted by Crippen LogP contribution is 2.05. The van der Waals surface area contributed by atoms with Gasteiger partial charge >= 0.3 is 0 Å². The SMILES string of the molecule is C=C(C)CN(CC)C(=O)Cc1ccc(N)cn1. The molecule has 0 bridgehead atoms. The molecule has 1 amide bonds. The number of nitrogen functional groups attached to an aromatic ring is 1. The Morgan fingerprint density at radius 2 is 2.24 bits per heavy atom. The molecular weight excluding hydrogens is 214 g/mol. The number of hydrogen-bond acceptors (Lipinski definition) is 3. The highest BCUT2D eigenvalue weighted by Gasteiger charge is 2.12. The van der Waals surface area contributed by atoms with Crippen LogP contribution in [0.5, 0.6) is 0 Å². The van der Waals surface area contributed by atoms with Gasteiger partial charge in [0, 0.05) is 18.8 Å². The molecule has 4 nitrogen and oxygen atoms in total. The largest absolute Gasteiger partial charge is 0.397 e. The lowest BCUT2D eigenvalue weighted by molar-refractivity contribution is -0.129. The summed E-state index contributed by atoms with van der Waals surface area (Å²) in [5, 5.41) is 0. The number of hydrogen-bond donors (Lipinski definition) is 1. The first-order valence-corrected chi connectivity index (χ1v) is 5.65. The molecule has 0 saturated carbocycles. The van der Waals surface area contributed by atoms with Crippen LogP contribution in [0.15, 0.2) is 30.5 Å². The smallest absolute Gasteiger partial charge is 0.228 e. The van der Waals surface area contributed by atoms with Crippen molar-refractivity contribution in [3.63, 3.8) is 0 Å². The zero-order valence-electron chi connectivity index (χ0n) is 10.4. The topological polar surface area (TPSA) is 59.2 Å². The number of nitrogens with zero attached hydrogens (tertiary/aromatic N) is 2. The normalized spacial score (nSPS) is 10.0. The quantitative estimate of drug-likeness (QED) is 0.786. The Morgan fingerprint density at radius 3 is 2.71 bits per heavy atom. The van der Waals surface area contributed by atoms with Gasteiger partial charge < -0.3 is 10.6 Å². The summed E-state index contributed by atoms with van der Waals surface area (Å²) in [5.41, 5.74) is 7.86. The van der Waals surface area contributed by atoms with Gasteiger partial charge in [-0.05, 0) is 26.0 Å². The number of carbonyl (C=O) groups is 1. The second-order valence-electron chi connectivity index (χ2n) is 4.12. The van der Waals surface area contributed by atoms with Gasteiger partial charge in [-0.3, -0.25) is 9.78 Å². The lowest BCUT2D eigenvalue weighted by Crippen LogP contribution is -2.33. The summed E-state index contributed by atoms with van der Waals surface area (Å²) in [6.45, 7) is 8.97. The molecule has 1 aromatic rings.